The van der Waals surface area contributed by atoms with Crippen LogP contribution in [0.4, 0.5) is 0 Å². The third-order valence-electron chi connectivity index (χ3n) is 7.53. The Hall–Kier alpha value is -3.75. The van der Waals surface area contributed by atoms with E-state index in [1.165, 1.54) is 24.0 Å². The largest absolute Gasteiger partial charge is 0.334 e. The van der Waals surface area contributed by atoms with E-state index in [9.17, 15) is 5.26 Å². The maximum absolute atomic E-state index is 9.46. The fraction of sp³-hybridized carbons (Fsp3) is 0.300. The Morgan fingerprint density at radius 2 is 1.83 bits per heavy atom. The van der Waals surface area contributed by atoms with Gasteiger partial charge >= 0.3 is 0 Å². The minimum absolute atomic E-state index is 0.463. The van der Waals surface area contributed by atoms with Gasteiger partial charge in [-0.3, -0.25) is 0 Å². The summed E-state index contributed by atoms with van der Waals surface area (Å²) < 4.78 is 5.65. The van der Waals surface area contributed by atoms with Crippen LogP contribution in [0.5, 0.6) is 0 Å². The molecule has 2 aliphatic rings. The highest BCUT2D eigenvalue weighted by atomic mass is 16.5. The lowest BCUT2D eigenvalue weighted by Gasteiger charge is -2.36. The maximum Gasteiger partial charge on any atom is 0.258 e. The van der Waals surface area contributed by atoms with Gasteiger partial charge in [-0.15, -0.1) is 0 Å². The third-order valence-corrected chi connectivity index (χ3v) is 7.53. The number of benzene rings is 3. The molecule has 3 aromatic carbocycles. The zero-order valence-electron chi connectivity index (χ0n) is 20.1. The molecule has 5 nitrogen and oxygen atoms in total. The van der Waals surface area contributed by atoms with Gasteiger partial charge < -0.3 is 9.84 Å². The Morgan fingerprint density at radius 1 is 1.00 bits per heavy atom. The fourth-order valence-corrected chi connectivity index (χ4v) is 5.63. The first-order valence-corrected chi connectivity index (χ1v) is 12.4. The number of fused-ring (bicyclic) bond motifs is 1. The van der Waals surface area contributed by atoms with Crippen LogP contribution < -0.4 is 5.32 Å². The molecule has 1 saturated carbocycles. The molecule has 1 fully saturated rings. The van der Waals surface area contributed by atoms with E-state index in [-0.39, 0.29) is 0 Å². The van der Waals surface area contributed by atoms with Gasteiger partial charge in [0.15, 0.2) is 0 Å². The van der Waals surface area contributed by atoms with Crippen molar-refractivity contribution in [3.63, 3.8) is 0 Å². The lowest BCUT2D eigenvalue weighted by Crippen LogP contribution is -2.41. The van der Waals surface area contributed by atoms with Crippen LogP contribution in [0.2, 0.25) is 0 Å². The van der Waals surface area contributed by atoms with Crippen molar-refractivity contribution in [2.75, 3.05) is 0 Å². The monoisotopic (exact) mass is 460 g/mol. The van der Waals surface area contributed by atoms with Crippen LogP contribution in [0.15, 0.2) is 65.2 Å². The summed E-state index contributed by atoms with van der Waals surface area (Å²) >= 11 is 0. The predicted molar refractivity (Wildman–Crippen MR) is 136 cm³/mol. The summed E-state index contributed by atoms with van der Waals surface area (Å²) in [6.07, 6.45) is 4.82. The molecule has 174 valence electrons. The second kappa shape index (κ2) is 8.79. The maximum atomic E-state index is 9.46. The van der Waals surface area contributed by atoms with Gasteiger partial charge in [-0.2, -0.15) is 10.2 Å². The fourth-order valence-electron chi connectivity index (χ4n) is 5.63. The SMILES string of the molecule is Cc1cc(-c2nc(-c3ccc4c(c3)CCC4NC3CC(C)C3)no2)ccc1-c1ccccc1C#N. The number of rotatable bonds is 5. The van der Waals surface area contributed by atoms with Crippen LogP contribution in [0, 0.1) is 24.2 Å². The van der Waals surface area contributed by atoms with Crippen molar-refractivity contribution < 1.29 is 4.52 Å². The van der Waals surface area contributed by atoms with Gasteiger partial charge in [0.1, 0.15) is 0 Å². The average Bonchev–Trinajstić information content (AvgIpc) is 3.50. The minimum Gasteiger partial charge on any atom is -0.334 e. The zero-order valence-corrected chi connectivity index (χ0v) is 20.1. The van der Waals surface area contributed by atoms with Crippen LogP contribution in [0.3, 0.4) is 0 Å². The van der Waals surface area contributed by atoms with Crippen molar-refractivity contribution >= 4 is 0 Å². The van der Waals surface area contributed by atoms with Crippen LogP contribution in [0.25, 0.3) is 34.0 Å². The van der Waals surface area contributed by atoms with Crippen molar-refractivity contribution in [2.45, 2.75) is 51.6 Å². The quantitative estimate of drug-likeness (QED) is 0.362. The third kappa shape index (κ3) is 4.05. The molecular formula is C30H28N4O. The highest BCUT2D eigenvalue weighted by Gasteiger charge is 2.31. The van der Waals surface area contributed by atoms with Gasteiger partial charge in [0.05, 0.1) is 11.6 Å². The second-order valence-corrected chi connectivity index (χ2v) is 10.1. The first-order chi connectivity index (χ1) is 17.1. The van der Waals surface area contributed by atoms with E-state index >= 15 is 0 Å². The van der Waals surface area contributed by atoms with Gasteiger partial charge in [-0.05, 0) is 90.6 Å². The molecule has 0 amide bonds. The highest BCUT2D eigenvalue weighted by molar-refractivity contribution is 5.75. The summed E-state index contributed by atoms with van der Waals surface area (Å²) in [5.41, 5.74) is 8.36. The van der Waals surface area contributed by atoms with Gasteiger partial charge in [0.2, 0.25) is 5.82 Å². The van der Waals surface area contributed by atoms with Crippen molar-refractivity contribution in [2.24, 2.45) is 5.92 Å². The van der Waals surface area contributed by atoms with Crippen molar-refractivity contribution in [3.8, 4) is 40.0 Å². The Bertz CT molecular complexity index is 1440. The number of hydrogen-bond acceptors (Lipinski definition) is 5. The van der Waals surface area contributed by atoms with Crippen molar-refractivity contribution in [3.05, 3.63) is 82.9 Å². The Kier molecular flexibility index (Phi) is 5.47. The molecular weight excluding hydrogens is 432 g/mol. The Labute approximate surface area is 205 Å². The van der Waals surface area contributed by atoms with Crippen LogP contribution in [0.1, 0.15) is 54.5 Å². The Morgan fingerprint density at radius 3 is 2.63 bits per heavy atom. The summed E-state index contributed by atoms with van der Waals surface area (Å²) in [5, 5.41) is 17.6. The minimum atomic E-state index is 0.463. The molecule has 6 rings (SSSR count). The summed E-state index contributed by atoms with van der Waals surface area (Å²) in [6, 6.07) is 23.7. The summed E-state index contributed by atoms with van der Waals surface area (Å²) in [6.45, 7) is 4.37. The summed E-state index contributed by atoms with van der Waals surface area (Å²) in [4.78, 5) is 4.71. The molecule has 0 spiro atoms. The molecule has 0 saturated heterocycles. The number of nitriles is 1. The molecule has 5 heteroatoms. The van der Waals surface area contributed by atoms with E-state index in [4.69, 9.17) is 9.51 Å². The zero-order chi connectivity index (χ0) is 23.9. The van der Waals surface area contributed by atoms with Crippen LogP contribution >= 0.6 is 0 Å². The highest BCUT2D eigenvalue weighted by Crippen LogP contribution is 2.37. The lowest BCUT2D eigenvalue weighted by molar-refractivity contribution is 0.222. The van der Waals surface area contributed by atoms with E-state index < -0.39 is 0 Å². The van der Waals surface area contributed by atoms with Crippen molar-refractivity contribution in [1.29, 1.82) is 5.26 Å². The molecule has 1 N–H and O–H groups in total. The topological polar surface area (TPSA) is 74.7 Å². The summed E-state index contributed by atoms with van der Waals surface area (Å²) in [5.74, 6) is 1.97. The first kappa shape index (κ1) is 21.8. The van der Waals surface area contributed by atoms with E-state index in [0.717, 1.165) is 46.6 Å². The van der Waals surface area contributed by atoms with Gasteiger partial charge in [0.25, 0.3) is 5.89 Å². The van der Waals surface area contributed by atoms with Gasteiger partial charge in [0, 0.05) is 23.2 Å². The molecule has 35 heavy (non-hydrogen) atoms. The normalized spacial score (nSPS) is 20.8. The van der Waals surface area contributed by atoms with Gasteiger partial charge in [-0.1, -0.05) is 48.5 Å². The van der Waals surface area contributed by atoms with E-state index in [1.54, 1.807) is 0 Å². The summed E-state index contributed by atoms with van der Waals surface area (Å²) in [7, 11) is 0. The first-order valence-electron chi connectivity index (χ1n) is 12.4. The molecule has 0 radical (unpaired) electrons. The van der Waals surface area contributed by atoms with Crippen molar-refractivity contribution in [1.82, 2.24) is 15.5 Å². The molecule has 0 bridgehead atoms. The van der Waals surface area contributed by atoms with Gasteiger partial charge in [-0.25, -0.2) is 0 Å². The lowest BCUT2D eigenvalue weighted by atomic mass is 9.81. The number of aryl methyl sites for hydroxylation is 2. The molecule has 1 unspecified atom stereocenters. The molecule has 2 aliphatic carbocycles. The van der Waals surface area contributed by atoms with Crippen LogP contribution in [-0.2, 0) is 6.42 Å². The Balaban J connectivity index is 1.23. The number of hydrogen-bond donors (Lipinski definition) is 1. The molecule has 1 atom stereocenters. The predicted octanol–water partition coefficient (Wildman–Crippen LogP) is 6.63. The van der Waals surface area contributed by atoms with E-state index in [0.29, 0.717) is 29.4 Å². The van der Waals surface area contributed by atoms with E-state index in [1.807, 2.05) is 49.4 Å². The molecule has 1 aromatic heterocycles. The second-order valence-electron chi connectivity index (χ2n) is 10.1. The number of aromatic nitrogens is 2. The molecule has 4 aromatic rings. The number of nitrogens with zero attached hydrogens (tertiary/aromatic N) is 3. The molecule has 1 heterocycles. The average molecular weight is 461 g/mol. The smallest absolute Gasteiger partial charge is 0.258 e. The molecule has 0 aliphatic heterocycles. The van der Waals surface area contributed by atoms with Crippen LogP contribution in [-0.4, -0.2) is 16.2 Å². The van der Waals surface area contributed by atoms with E-state index in [2.05, 4.69) is 41.7 Å². The standard InChI is InChI=1S/C30H28N4O/c1-18-13-24(14-18)32-28-12-9-20-16-21(7-11-27(20)28)29-33-30(35-34-29)22-8-10-25(19(2)15-22)26-6-4-3-5-23(26)17-31/h3-8,10-11,15-16,18,24,28,32H,9,12-14H2,1-2H3. The number of nitrogens with one attached hydrogen (secondary N) is 1.